The van der Waals surface area contributed by atoms with Crippen molar-refractivity contribution in [3.8, 4) is 17.4 Å². The Hall–Kier alpha value is -2.60. The number of hydrogen-bond acceptors (Lipinski definition) is 4. The van der Waals surface area contributed by atoms with Crippen LogP contribution in [0.15, 0.2) is 49.2 Å². The van der Waals surface area contributed by atoms with Crippen molar-refractivity contribution >= 4 is 0 Å². The number of rotatable bonds is 8. The highest BCUT2D eigenvalue weighted by Crippen LogP contribution is 2.22. The second-order valence-corrected chi connectivity index (χ2v) is 7.23. The van der Waals surface area contributed by atoms with Crippen molar-refractivity contribution in [2.75, 3.05) is 13.7 Å². The molecule has 0 saturated heterocycles. The van der Waals surface area contributed by atoms with E-state index in [-0.39, 0.29) is 0 Å². The minimum absolute atomic E-state index is 0.510. The van der Waals surface area contributed by atoms with Crippen LogP contribution in [0.1, 0.15) is 33.4 Å². The van der Waals surface area contributed by atoms with E-state index in [4.69, 9.17) is 4.74 Å². The van der Waals surface area contributed by atoms with Crippen LogP contribution in [0.2, 0.25) is 0 Å². The molecule has 2 aromatic heterocycles. The van der Waals surface area contributed by atoms with Gasteiger partial charge in [-0.15, -0.1) is 0 Å². The third kappa shape index (κ3) is 4.22. The molecule has 0 aliphatic carbocycles. The van der Waals surface area contributed by atoms with E-state index in [1.165, 1.54) is 5.69 Å². The summed E-state index contributed by atoms with van der Waals surface area (Å²) in [5.74, 6) is 1.68. The highest BCUT2D eigenvalue weighted by atomic mass is 16.5. The van der Waals surface area contributed by atoms with Gasteiger partial charge in [0.1, 0.15) is 12.1 Å². The van der Waals surface area contributed by atoms with Crippen LogP contribution in [0.5, 0.6) is 5.75 Å². The first-order valence-electron chi connectivity index (χ1n) is 9.46. The molecule has 0 amide bonds. The molecule has 6 heteroatoms. The summed E-state index contributed by atoms with van der Waals surface area (Å²) in [7, 11) is 1.68. The molecule has 0 bridgehead atoms. The molecule has 27 heavy (non-hydrogen) atoms. The Labute approximate surface area is 161 Å². The topological polar surface area (TPSA) is 48.1 Å². The summed E-state index contributed by atoms with van der Waals surface area (Å²) >= 11 is 0. The van der Waals surface area contributed by atoms with Crippen LogP contribution in [0.25, 0.3) is 11.6 Å². The first-order chi connectivity index (χ1) is 13.0. The highest BCUT2D eigenvalue weighted by molar-refractivity contribution is 5.43. The molecule has 0 radical (unpaired) electrons. The van der Waals surface area contributed by atoms with Crippen LogP contribution in [-0.4, -0.2) is 49.7 Å². The Bertz CT molecular complexity index is 826. The van der Waals surface area contributed by atoms with Crippen LogP contribution >= 0.6 is 0 Å². The van der Waals surface area contributed by atoms with E-state index in [1.807, 2.05) is 29.1 Å². The Kier molecular flexibility index (Phi) is 5.96. The van der Waals surface area contributed by atoms with E-state index in [2.05, 4.69) is 59.3 Å². The third-order valence-electron chi connectivity index (χ3n) is 4.83. The molecule has 3 aromatic rings. The summed E-state index contributed by atoms with van der Waals surface area (Å²) in [6, 6.07) is 9.10. The smallest absolute Gasteiger partial charge is 0.219 e. The molecule has 3 rings (SSSR count). The predicted octanol–water partition coefficient (Wildman–Crippen LogP) is 3.73. The van der Waals surface area contributed by atoms with Gasteiger partial charge in [0.05, 0.1) is 13.3 Å². The van der Waals surface area contributed by atoms with Crippen LogP contribution in [0.4, 0.5) is 0 Å². The van der Waals surface area contributed by atoms with Crippen molar-refractivity contribution in [1.29, 1.82) is 0 Å². The van der Waals surface area contributed by atoms with Gasteiger partial charge in [-0.05, 0) is 52.0 Å². The summed E-state index contributed by atoms with van der Waals surface area (Å²) in [6.45, 7) is 9.98. The zero-order chi connectivity index (χ0) is 19.4. The fourth-order valence-electron chi connectivity index (χ4n) is 3.48. The fraction of sp³-hybridized carbons (Fsp3) is 0.429. The summed E-state index contributed by atoms with van der Waals surface area (Å²) in [5.41, 5.74) is 2.24. The monoisotopic (exact) mass is 367 g/mol. The van der Waals surface area contributed by atoms with Crippen molar-refractivity contribution in [3.05, 3.63) is 54.9 Å². The van der Waals surface area contributed by atoms with Gasteiger partial charge in [-0.3, -0.25) is 14.0 Å². The minimum atomic E-state index is 0.510. The second kappa shape index (κ2) is 8.39. The lowest BCUT2D eigenvalue weighted by atomic mass is 10.2. The first kappa shape index (κ1) is 19.2. The molecular weight excluding hydrogens is 338 g/mol. The summed E-state index contributed by atoms with van der Waals surface area (Å²) in [6.07, 6.45) is 8.36. The quantitative estimate of drug-likeness (QED) is 0.609. The molecular formula is C21H29N5O. The van der Waals surface area contributed by atoms with Crippen LogP contribution in [0.3, 0.4) is 0 Å². The molecule has 0 spiro atoms. The van der Waals surface area contributed by atoms with Gasteiger partial charge in [0, 0.05) is 48.8 Å². The van der Waals surface area contributed by atoms with Gasteiger partial charge in [0.15, 0.2) is 0 Å². The van der Waals surface area contributed by atoms with Crippen molar-refractivity contribution < 1.29 is 4.74 Å². The van der Waals surface area contributed by atoms with Crippen molar-refractivity contribution in [3.63, 3.8) is 0 Å². The lowest BCUT2D eigenvalue weighted by molar-refractivity contribution is 0.176. The molecule has 0 N–H and O–H groups in total. The Morgan fingerprint density at radius 3 is 2.33 bits per heavy atom. The van der Waals surface area contributed by atoms with Gasteiger partial charge in [0.25, 0.3) is 0 Å². The van der Waals surface area contributed by atoms with E-state index in [1.54, 1.807) is 19.6 Å². The molecule has 0 atom stereocenters. The summed E-state index contributed by atoms with van der Waals surface area (Å²) < 4.78 is 9.44. The lowest BCUT2D eigenvalue weighted by Crippen LogP contribution is -2.38. The van der Waals surface area contributed by atoms with Gasteiger partial charge < -0.3 is 4.74 Å². The standard InChI is InChI=1S/C21H29N5O/c1-16(2)25(17(3)4)12-10-19-14-23-21(24-13-11-22-15-24)26(19)18-6-8-20(27-5)9-7-18/h6-9,11,13-17H,10,12H2,1-5H3. The summed E-state index contributed by atoms with van der Waals surface area (Å²) in [4.78, 5) is 11.4. The van der Waals surface area contributed by atoms with E-state index in [9.17, 15) is 0 Å². The fourth-order valence-corrected chi connectivity index (χ4v) is 3.48. The van der Waals surface area contributed by atoms with Gasteiger partial charge in [-0.1, -0.05) is 0 Å². The van der Waals surface area contributed by atoms with Crippen molar-refractivity contribution in [2.24, 2.45) is 0 Å². The molecule has 144 valence electrons. The van der Waals surface area contributed by atoms with Gasteiger partial charge in [0.2, 0.25) is 5.95 Å². The summed E-state index contributed by atoms with van der Waals surface area (Å²) in [5, 5.41) is 0. The van der Waals surface area contributed by atoms with Gasteiger partial charge in [-0.2, -0.15) is 0 Å². The molecule has 6 nitrogen and oxygen atoms in total. The molecule has 0 aliphatic heterocycles. The molecule has 0 aliphatic rings. The van der Waals surface area contributed by atoms with Crippen molar-refractivity contribution in [2.45, 2.75) is 46.2 Å². The molecule has 1 aromatic carbocycles. The van der Waals surface area contributed by atoms with E-state index in [0.717, 1.165) is 30.4 Å². The number of aromatic nitrogens is 4. The van der Waals surface area contributed by atoms with Crippen LogP contribution in [0, 0.1) is 0 Å². The Balaban J connectivity index is 1.96. The zero-order valence-corrected chi connectivity index (χ0v) is 16.8. The van der Waals surface area contributed by atoms with E-state index in [0.29, 0.717) is 12.1 Å². The predicted molar refractivity (Wildman–Crippen MR) is 108 cm³/mol. The van der Waals surface area contributed by atoms with Crippen LogP contribution in [-0.2, 0) is 6.42 Å². The number of imidazole rings is 2. The first-order valence-corrected chi connectivity index (χ1v) is 9.46. The molecule has 0 fully saturated rings. The van der Waals surface area contributed by atoms with Gasteiger partial charge in [-0.25, -0.2) is 9.97 Å². The lowest BCUT2D eigenvalue weighted by Gasteiger charge is -2.30. The van der Waals surface area contributed by atoms with Crippen molar-refractivity contribution in [1.82, 2.24) is 24.0 Å². The number of methoxy groups -OCH3 is 1. The molecule has 2 heterocycles. The zero-order valence-electron chi connectivity index (χ0n) is 16.8. The maximum absolute atomic E-state index is 5.30. The van der Waals surface area contributed by atoms with E-state index < -0.39 is 0 Å². The Morgan fingerprint density at radius 1 is 1.07 bits per heavy atom. The number of benzene rings is 1. The second-order valence-electron chi connectivity index (χ2n) is 7.23. The maximum atomic E-state index is 5.30. The average Bonchev–Trinajstić information content (AvgIpc) is 3.31. The third-order valence-corrected chi connectivity index (χ3v) is 4.83. The maximum Gasteiger partial charge on any atom is 0.219 e. The van der Waals surface area contributed by atoms with E-state index >= 15 is 0 Å². The van der Waals surface area contributed by atoms with Crippen LogP contribution < -0.4 is 4.74 Å². The largest absolute Gasteiger partial charge is 0.497 e. The normalized spacial score (nSPS) is 11.7. The molecule has 0 saturated carbocycles. The molecule has 0 unspecified atom stereocenters. The number of ether oxygens (including phenoxy) is 1. The SMILES string of the molecule is COc1ccc(-n2c(CCN(C(C)C)C(C)C)cnc2-n2ccnc2)cc1. The minimum Gasteiger partial charge on any atom is -0.497 e. The highest BCUT2D eigenvalue weighted by Gasteiger charge is 2.17. The van der Waals surface area contributed by atoms with Gasteiger partial charge >= 0.3 is 0 Å². The average molecular weight is 367 g/mol. The Morgan fingerprint density at radius 2 is 1.78 bits per heavy atom. The number of nitrogens with zero attached hydrogens (tertiary/aromatic N) is 5. The number of hydrogen-bond donors (Lipinski definition) is 0.